The summed E-state index contributed by atoms with van der Waals surface area (Å²) in [4.78, 5) is 28.0. The molecular formula is C13H18N2O3S2. The molecule has 0 unspecified atom stereocenters. The highest BCUT2D eigenvalue weighted by Crippen LogP contribution is 2.28. The quantitative estimate of drug-likeness (QED) is 0.892. The van der Waals surface area contributed by atoms with Crippen LogP contribution >= 0.6 is 23.1 Å². The van der Waals surface area contributed by atoms with Crippen LogP contribution in [-0.4, -0.2) is 39.0 Å². The van der Waals surface area contributed by atoms with Crippen LogP contribution in [0.2, 0.25) is 0 Å². The summed E-state index contributed by atoms with van der Waals surface area (Å²) in [5.74, 6) is 0.427. The average molecular weight is 314 g/mol. The maximum Gasteiger partial charge on any atom is 0.329 e. The molecule has 2 heterocycles. The number of aromatic nitrogens is 1. The van der Waals surface area contributed by atoms with Gasteiger partial charge in [0.25, 0.3) is 5.91 Å². The van der Waals surface area contributed by atoms with Crippen molar-refractivity contribution in [2.24, 2.45) is 0 Å². The van der Waals surface area contributed by atoms with Crippen LogP contribution in [0, 0.1) is 0 Å². The van der Waals surface area contributed by atoms with E-state index in [0.29, 0.717) is 18.5 Å². The topological polar surface area (TPSA) is 79.3 Å². The molecule has 0 spiro atoms. The van der Waals surface area contributed by atoms with Crippen LogP contribution in [-0.2, 0) is 4.79 Å². The zero-order chi connectivity index (χ0) is 14.8. The van der Waals surface area contributed by atoms with E-state index in [4.69, 9.17) is 0 Å². The Morgan fingerprint density at radius 3 is 2.55 bits per heavy atom. The molecule has 0 radical (unpaired) electrons. The van der Waals surface area contributed by atoms with E-state index in [2.05, 4.69) is 10.3 Å². The highest BCUT2D eigenvalue weighted by Gasteiger charge is 2.41. The molecule has 0 aromatic carbocycles. The summed E-state index contributed by atoms with van der Waals surface area (Å²) in [5, 5.41) is 14.7. The van der Waals surface area contributed by atoms with Crippen molar-refractivity contribution in [1.29, 1.82) is 0 Å². The molecule has 1 saturated heterocycles. The van der Waals surface area contributed by atoms with Gasteiger partial charge in [-0.1, -0.05) is 13.8 Å². The Kier molecular flexibility index (Phi) is 4.70. The number of aliphatic carboxylic acids is 1. The van der Waals surface area contributed by atoms with Crippen LogP contribution in [0.4, 0.5) is 0 Å². The number of amides is 1. The van der Waals surface area contributed by atoms with Gasteiger partial charge in [0, 0.05) is 11.3 Å². The Balaban J connectivity index is 2.13. The molecule has 110 valence electrons. The first-order valence-electron chi connectivity index (χ1n) is 6.54. The number of carboxylic acid groups (broad SMARTS) is 1. The Hall–Kier alpha value is -1.08. The Labute approximate surface area is 126 Å². The molecule has 0 atom stereocenters. The predicted octanol–water partition coefficient (Wildman–Crippen LogP) is 2.35. The highest BCUT2D eigenvalue weighted by molar-refractivity contribution is 7.99. The Bertz CT molecular complexity index is 507. The largest absolute Gasteiger partial charge is 0.480 e. The van der Waals surface area contributed by atoms with Gasteiger partial charge in [-0.05, 0) is 24.3 Å². The number of thiazole rings is 1. The number of hydrogen-bond acceptors (Lipinski definition) is 5. The molecule has 1 aromatic heterocycles. The molecule has 1 aliphatic heterocycles. The van der Waals surface area contributed by atoms with Crippen molar-refractivity contribution in [3.05, 3.63) is 16.1 Å². The fourth-order valence-electron chi connectivity index (χ4n) is 2.05. The van der Waals surface area contributed by atoms with Crippen molar-refractivity contribution >= 4 is 35.0 Å². The van der Waals surface area contributed by atoms with Crippen LogP contribution in [0.3, 0.4) is 0 Å². The lowest BCUT2D eigenvalue weighted by Gasteiger charge is -2.33. The standard InChI is InChI=1S/C13H18N2O3S2/c1-8(2)11-14-9(7-20-11)10(16)15-13(12(17)18)3-5-19-6-4-13/h7-8H,3-6H2,1-2H3,(H,15,16)(H,17,18). The number of carbonyl (C=O) groups is 2. The molecule has 1 fully saturated rings. The van der Waals surface area contributed by atoms with Gasteiger partial charge < -0.3 is 10.4 Å². The molecule has 5 nitrogen and oxygen atoms in total. The van der Waals surface area contributed by atoms with Gasteiger partial charge in [0.05, 0.1) is 5.01 Å². The number of nitrogens with zero attached hydrogens (tertiary/aromatic N) is 1. The van der Waals surface area contributed by atoms with Crippen LogP contribution in [0.1, 0.15) is 48.1 Å². The molecule has 0 bridgehead atoms. The summed E-state index contributed by atoms with van der Waals surface area (Å²) in [6, 6.07) is 0. The lowest BCUT2D eigenvalue weighted by atomic mass is 9.92. The van der Waals surface area contributed by atoms with Gasteiger partial charge in [-0.15, -0.1) is 11.3 Å². The minimum absolute atomic E-state index is 0.265. The van der Waals surface area contributed by atoms with Crippen LogP contribution in [0.25, 0.3) is 0 Å². The second-order valence-corrected chi connectivity index (χ2v) is 7.29. The SMILES string of the molecule is CC(C)c1nc(C(=O)NC2(C(=O)O)CCSCC2)cs1. The normalized spacial score (nSPS) is 17.9. The molecule has 2 rings (SSSR count). The first-order chi connectivity index (χ1) is 9.44. The summed E-state index contributed by atoms with van der Waals surface area (Å²) < 4.78 is 0. The zero-order valence-electron chi connectivity index (χ0n) is 11.5. The number of carboxylic acids is 1. The molecular weight excluding hydrogens is 296 g/mol. The smallest absolute Gasteiger partial charge is 0.329 e. The van der Waals surface area contributed by atoms with Gasteiger partial charge in [0.15, 0.2) is 0 Å². The minimum atomic E-state index is -1.13. The van der Waals surface area contributed by atoms with Gasteiger partial charge >= 0.3 is 5.97 Å². The molecule has 20 heavy (non-hydrogen) atoms. The van der Waals surface area contributed by atoms with Crippen LogP contribution < -0.4 is 5.32 Å². The molecule has 2 N–H and O–H groups in total. The number of carbonyl (C=O) groups excluding carboxylic acids is 1. The maximum absolute atomic E-state index is 12.2. The first kappa shape index (κ1) is 15.3. The fourth-order valence-corrected chi connectivity index (χ4v) is 4.06. The summed E-state index contributed by atoms with van der Waals surface area (Å²) in [6.07, 6.45) is 0.916. The zero-order valence-corrected chi connectivity index (χ0v) is 13.1. The van der Waals surface area contributed by atoms with Crippen molar-refractivity contribution < 1.29 is 14.7 Å². The van der Waals surface area contributed by atoms with E-state index in [-0.39, 0.29) is 11.8 Å². The van der Waals surface area contributed by atoms with Crippen molar-refractivity contribution in [2.75, 3.05) is 11.5 Å². The van der Waals surface area contributed by atoms with E-state index < -0.39 is 11.5 Å². The third kappa shape index (κ3) is 3.15. The van der Waals surface area contributed by atoms with Crippen LogP contribution in [0.5, 0.6) is 0 Å². The number of nitrogens with one attached hydrogen (secondary N) is 1. The molecule has 7 heteroatoms. The van der Waals surface area contributed by atoms with E-state index in [1.165, 1.54) is 11.3 Å². The van der Waals surface area contributed by atoms with Gasteiger partial charge in [0.1, 0.15) is 11.2 Å². The molecule has 1 amide bonds. The van der Waals surface area contributed by atoms with E-state index in [1.807, 2.05) is 13.8 Å². The van der Waals surface area contributed by atoms with Gasteiger partial charge in [-0.25, -0.2) is 9.78 Å². The van der Waals surface area contributed by atoms with E-state index >= 15 is 0 Å². The lowest BCUT2D eigenvalue weighted by Crippen LogP contribution is -2.56. The number of hydrogen-bond donors (Lipinski definition) is 2. The molecule has 1 aromatic rings. The second kappa shape index (κ2) is 6.13. The van der Waals surface area contributed by atoms with Crippen molar-refractivity contribution in [3.63, 3.8) is 0 Å². The van der Waals surface area contributed by atoms with Gasteiger partial charge in [0.2, 0.25) is 0 Å². The Morgan fingerprint density at radius 1 is 1.40 bits per heavy atom. The first-order valence-corrected chi connectivity index (χ1v) is 8.57. The summed E-state index contributed by atoms with van der Waals surface area (Å²) in [5.41, 5.74) is -0.818. The van der Waals surface area contributed by atoms with E-state index in [9.17, 15) is 14.7 Å². The van der Waals surface area contributed by atoms with Crippen LogP contribution in [0.15, 0.2) is 5.38 Å². The minimum Gasteiger partial charge on any atom is -0.480 e. The third-order valence-corrected chi connectivity index (χ3v) is 5.49. The lowest BCUT2D eigenvalue weighted by molar-refractivity contribution is -0.144. The molecule has 0 saturated carbocycles. The summed E-state index contributed by atoms with van der Waals surface area (Å²) >= 11 is 3.15. The molecule has 0 aliphatic carbocycles. The fraction of sp³-hybridized carbons (Fsp3) is 0.615. The maximum atomic E-state index is 12.2. The predicted molar refractivity (Wildman–Crippen MR) is 80.6 cm³/mol. The monoisotopic (exact) mass is 314 g/mol. The van der Waals surface area contributed by atoms with E-state index in [1.54, 1.807) is 17.1 Å². The Morgan fingerprint density at radius 2 is 2.05 bits per heavy atom. The molecule has 1 aliphatic rings. The summed E-state index contributed by atoms with van der Waals surface area (Å²) in [7, 11) is 0. The summed E-state index contributed by atoms with van der Waals surface area (Å²) in [6.45, 7) is 4.02. The number of rotatable bonds is 4. The highest BCUT2D eigenvalue weighted by atomic mass is 32.2. The van der Waals surface area contributed by atoms with Gasteiger partial charge in [-0.2, -0.15) is 11.8 Å². The number of thioether (sulfide) groups is 1. The van der Waals surface area contributed by atoms with Crippen molar-refractivity contribution in [2.45, 2.75) is 38.1 Å². The van der Waals surface area contributed by atoms with Crippen molar-refractivity contribution in [1.82, 2.24) is 10.3 Å². The van der Waals surface area contributed by atoms with E-state index in [0.717, 1.165) is 16.5 Å². The van der Waals surface area contributed by atoms with Gasteiger partial charge in [-0.3, -0.25) is 4.79 Å². The second-order valence-electron chi connectivity index (χ2n) is 5.18. The van der Waals surface area contributed by atoms with Crippen molar-refractivity contribution in [3.8, 4) is 0 Å². The third-order valence-electron chi connectivity index (χ3n) is 3.36. The average Bonchev–Trinajstić information content (AvgIpc) is 2.89.